The van der Waals surface area contributed by atoms with E-state index in [-0.39, 0.29) is 34.1 Å². The normalized spacial score (nSPS) is 19.2. The van der Waals surface area contributed by atoms with E-state index in [4.69, 9.17) is 8.85 Å². The summed E-state index contributed by atoms with van der Waals surface area (Å²) in [5.74, 6) is 0.236. The zero-order valence-corrected chi connectivity index (χ0v) is 30.6. The fourth-order valence-corrected chi connectivity index (χ4v) is 16.8. The smallest absolute Gasteiger partial charge is 0.261 e. The van der Waals surface area contributed by atoms with Crippen molar-refractivity contribution in [2.75, 3.05) is 6.54 Å². The second-order valence-corrected chi connectivity index (χ2v) is 23.2. The van der Waals surface area contributed by atoms with Crippen molar-refractivity contribution in [2.45, 2.75) is 89.6 Å². The van der Waals surface area contributed by atoms with E-state index in [1.54, 1.807) is 0 Å². The molecule has 0 spiro atoms. The van der Waals surface area contributed by atoms with E-state index in [0.29, 0.717) is 19.4 Å². The van der Waals surface area contributed by atoms with Gasteiger partial charge in [-0.25, -0.2) is 0 Å². The Kier molecular flexibility index (Phi) is 10.4. The number of carbonyl (C=O) groups is 1. The highest BCUT2D eigenvalue weighted by Gasteiger charge is 2.57. The molecule has 1 aliphatic rings. The van der Waals surface area contributed by atoms with Gasteiger partial charge in [-0.2, -0.15) is 0 Å². The lowest BCUT2D eigenvalue weighted by molar-refractivity contribution is -0.119. The molecule has 0 radical (unpaired) electrons. The maximum Gasteiger partial charge on any atom is 0.261 e. The van der Waals surface area contributed by atoms with Crippen LogP contribution in [0.25, 0.3) is 0 Å². The third-order valence-electron chi connectivity index (χ3n) is 9.66. The predicted octanol–water partition coefficient (Wildman–Crippen LogP) is 6.22. The van der Waals surface area contributed by atoms with Crippen LogP contribution in [0.1, 0.15) is 61.3 Å². The van der Waals surface area contributed by atoms with Gasteiger partial charge in [0, 0.05) is 25.4 Å². The van der Waals surface area contributed by atoms with Crippen molar-refractivity contribution in [2.24, 2.45) is 0 Å². The van der Waals surface area contributed by atoms with Crippen molar-refractivity contribution in [3.63, 3.8) is 0 Å². The van der Waals surface area contributed by atoms with E-state index >= 15 is 0 Å². The maximum absolute atomic E-state index is 13.1. The second-order valence-electron chi connectivity index (χ2n) is 14.7. The molecule has 4 nitrogen and oxygen atoms in total. The molecule has 0 aromatic heterocycles. The Labute approximate surface area is 278 Å². The van der Waals surface area contributed by atoms with E-state index in [0.717, 1.165) is 0 Å². The third kappa shape index (κ3) is 6.51. The van der Waals surface area contributed by atoms with Crippen molar-refractivity contribution < 1.29 is 13.6 Å². The van der Waals surface area contributed by atoms with Crippen LogP contribution >= 0.6 is 0 Å². The standard InChI is InChI=1S/C40H51NO3Si2/c1-8-31(42)29-36-38(44-46(40(5,6)7,34-25-17-11-18-26-34)35-27-19-12-20-28-35)37(30-41-36)43-45(39(2,3)4,32-21-13-9-14-22-32)33-23-15-10-16-24-33/h9-28,36-38,41H,8,29-30H2,1-7H3/t36?,37-,38-/m0/s1. The van der Waals surface area contributed by atoms with Gasteiger partial charge in [0.2, 0.25) is 0 Å². The van der Waals surface area contributed by atoms with Crippen LogP contribution in [0, 0.1) is 0 Å². The van der Waals surface area contributed by atoms with Gasteiger partial charge in [-0.15, -0.1) is 0 Å². The molecule has 0 saturated carbocycles. The number of nitrogens with one attached hydrogen (secondary N) is 1. The van der Waals surface area contributed by atoms with E-state index in [1.165, 1.54) is 20.7 Å². The fourth-order valence-electron chi connectivity index (χ4n) is 7.42. The summed E-state index contributed by atoms with van der Waals surface area (Å²) in [6, 6.07) is 43.0. The first-order valence-electron chi connectivity index (χ1n) is 16.8. The third-order valence-corrected chi connectivity index (χ3v) is 19.8. The molecule has 4 aromatic carbocycles. The molecule has 1 unspecified atom stereocenters. The van der Waals surface area contributed by atoms with Gasteiger partial charge in [0.15, 0.2) is 0 Å². The lowest BCUT2D eigenvalue weighted by atomic mass is 10.0. The number of hydrogen-bond donors (Lipinski definition) is 1. The Morgan fingerprint density at radius 1 is 0.630 bits per heavy atom. The van der Waals surface area contributed by atoms with E-state index in [1.807, 2.05) is 6.92 Å². The SMILES string of the molecule is CCC(=O)CC1NC[C@H](O[Si](c2ccccc2)(c2ccccc2)C(C)(C)C)[C@H]1O[Si](c1ccccc1)(c1ccccc1)C(C)(C)C. The van der Waals surface area contributed by atoms with Crippen molar-refractivity contribution in [3.05, 3.63) is 121 Å². The van der Waals surface area contributed by atoms with Crippen molar-refractivity contribution in [1.82, 2.24) is 5.32 Å². The number of rotatable bonds is 11. The van der Waals surface area contributed by atoms with Gasteiger partial charge < -0.3 is 14.2 Å². The predicted molar refractivity (Wildman–Crippen MR) is 197 cm³/mol. The first-order valence-corrected chi connectivity index (χ1v) is 20.6. The molecule has 1 heterocycles. The lowest BCUT2D eigenvalue weighted by Crippen LogP contribution is -2.71. The highest BCUT2D eigenvalue weighted by atomic mass is 28.4. The molecule has 1 fully saturated rings. The lowest BCUT2D eigenvalue weighted by Gasteiger charge is -2.48. The second kappa shape index (κ2) is 13.9. The van der Waals surface area contributed by atoms with Crippen molar-refractivity contribution >= 4 is 43.2 Å². The van der Waals surface area contributed by atoms with Crippen molar-refractivity contribution in [3.8, 4) is 0 Å². The van der Waals surface area contributed by atoms with E-state index in [2.05, 4.69) is 168 Å². The van der Waals surface area contributed by atoms with Gasteiger partial charge in [0.1, 0.15) is 5.78 Å². The Hall–Kier alpha value is -3.14. The first kappa shape index (κ1) is 34.2. The van der Waals surface area contributed by atoms with Crippen LogP contribution in [0.2, 0.25) is 10.1 Å². The largest absolute Gasteiger partial charge is 0.401 e. The Morgan fingerprint density at radius 2 is 0.978 bits per heavy atom. The molecule has 242 valence electrons. The molecule has 5 rings (SSSR count). The van der Waals surface area contributed by atoms with Crippen LogP contribution in [0.3, 0.4) is 0 Å². The quantitative estimate of drug-likeness (QED) is 0.196. The molecule has 1 N–H and O–H groups in total. The highest BCUT2D eigenvalue weighted by molar-refractivity contribution is 7.00. The van der Waals surface area contributed by atoms with Gasteiger partial charge in [-0.3, -0.25) is 4.79 Å². The van der Waals surface area contributed by atoms with Crippen LogP contribution in [-0.4, -0.2) is 47.2 Å². The fraction of sp³-hybridized carbons (Fsp3) is 0.375. The molecular formula is C40H51NO3Si2. The summed E-state index contributed by atoms with van der Waals surface area (Å²) in [5, 5.41) is 8.29. The van der Waals surface area contributed by atoms with Crippen LogP contribution in [0.4, 0.5) is 0 Å². The number of hydrogen-bond acceptors (Lipinski definition) is 4. The van der Waals surface area contributed by atoms with Gasteiger partial charge in [0.25, 0.3) is 16.6 Å². The minimum absolute atomic E-state index is 0.155. The summed E-state index contributed by atoms with van der Waals surface area (Å²) in [6.45, 7) is 16.5. The van der Waals surface area contributed by atoms with Crippen molar-refractivity contribution in [1.29, 1.82) is 0 Å². The molecule has 1 aliphatic heterocycles. The van der Waals surface area contributed by atoms with Gasteiger partial charge in [-0.1, -0.05) is 170 Å². The molecule has 0 bridgehead atoms. The summed E-state index contributed by atoms with van der Waals surface area (Å²) < 4.78 is 15.6. The number of carbonyl (C=O) groups excluding carboxylic acids is 1. The summed E-state index contributed by atoms with van der Waals surface area (Å²) in [6.07, 6.45) is 0.329. The van der Waals surface area contributed by atoms with Crippen LogP contribution in [0.5, 0.6) is 0 Å². The topological polar surface area (TPSA) is 47.6 Å². The number of Topliss-reactive ketones (excluding diaryl/α,β-unsaturated/α-hetero) is 1. The van der Waals surface area contributed by atoms with E-state index in [9.17, 15) is 4.79 Å². The Morgan fingerprint density at radius 3 is 1.30 bits per heavy atom. The highest BCUT2D eigenvalue weighted by Crippen LogP contribution is 2.42. The summed E-state index contributed by atoms with van der Waals surface area (Å²) in [5.41, 5.74) is 0. The summed E-state index contributed by atoms with van der Waals surface area (Å²) >= 11 is 0. The van der Waals surface area contributed by atoms with Gasteiger partial charge in [-0.05, 0) is 30.8 Å². The van der Waals surface area contributed by atoms with Gasteiger partial charge in [0.05, 0.1) is 12.2 Å². The van der Waals surface area contributed by atoms with Crippen LogP contribution in [-0.2, 0) is 13.6 Å². The van der Waals surface area contributed by atoms with Crippen LogP contribution < -0.4 is 26.1 Å². The van der Waals surface area contributed by atoms with E-state index < -0.39 is 16.6 Å². The molecule has 1 saturated heterocycles. The zero-order valence-electron chi connectivity index (χ0n) is 28.6. The average molecular weight is 650 g/mol. The molecular weight excluding hydrogens is 599 g/mol. The monoisotopic (exact) mass is 649 g/mol. The van der Waals surface area contributed by atoms with Crippen LogP contribution in [0.15, 0.2) is 121 Å². The zero-order chi connectivity index (χ0) is 33.0. The molecule has 46 heavy (non-hydrogen) atoms. The Balaban J connectivity index is 1.71. The molecule has 3 atom stereocenters. The Bertz CT molecular complexity index is 1470. The summed E-state index contributed by atoms with van der Waals surface area (Å²) in [7, 11) is -5.86. The minimum Gasteiger partial charge on any atom is -0.401 e. The number of benzene rings is 4. The average Bonchev–Trinajstić information content (AvgIpc) is 3.42. The minimum atomic E-state index is -2.95. The first-order chi connectivity index (χ1) is 21.9. The summed E-state index contributed by atoms with van der Waals surface area (Å²) in [4.78, 5) is 13.1. The number of ketones is 1. The van der Waals surface area contributed by atoms with Gasteiger partial charge >= 0.3 is 0 Å². The molecule has 6 heteroatoms. The maximum atomic E-state index is 13.1. The molecule has 0 aliphatic carbocycles. The molecule has 4 aromatic rings. The molecule has 0 amide bonds.